The first-order valence-corrected chi connectivity index (χ1v) is 5.73. The van der Waals surface area contributed by atoms with Crippen LogP contribution in [0.2, 0.25) is 0 Å². The average Bonchev–Trinajstić information content (AvgIpc) is 2.20. The summed E-state index contributed by atoms with van der Waals surface area (Å²) in [4.78, 5) is 0. The maximum atomic E-state index is 5.34. The molecule has 1 heteroatoms. The molecule has 0 aromatic rings. The zero-order chi connectivity index (χ0) is 11.7. The Morgan fingerprint density at radius 2 is 1.93 bits per heavy atom. The van der Waals surface area contributed by atoms with Crippen LogP contribution >= 0.6 is 0 Å². The molecular formula is C14H24O. The van der Waals surface area contributed by atoms with E-state index < -0.39 is 0 Å². The van der Waals surface area contributed by atoms with Gasteiger partial charge in [-0.15, -0.1) is 0 Å². The third kappa shape index (κ3) is 9.33. The van der Waals surface area contributed by atoms with E-state index in [0.29, 0.717) is 0 Å². The van der Waals surface area contributed by atoms with Gasteiger partial charge < -0.3 is 4.74 Å². The fourth-order valence-corrected chi connectivity index (χ4v) is 1.05. The smallest absolute Gasteiger partial charge is 0.112 e. The molecule has 0 N–H and O–H groups in total. The molecule has 0 atom stereocenters. The topological polar surface area (TPSA) is 9.23 Å². The van der Waals surface area contributed by atoms with Crippen molar-refractivity contribution in [2.24, 2.45) is 5.92 Å². The Bertz CT molecular complexity index is 223. The number of rotatable bonds is 8. The summed E-state index contributed by atoms with van der Waals surface area (Å²) in [6, 6.07) is 0. The van der Waals surface area contributed by atoms with E-state index in [1.54, 1.807) is 0 Å². The van der Waals surface area contributed by atoms with Crippen molar-refractivity contribution < 1.29 is 4.74 Å². The first-order chi connectivity index (χ1) is 7.06. The zero-order valence-corrected chi connectivity index (χ0v) is 10.4. The second-order valence-corrected chi connectivity index (χ2v) is 4.24. The van der Waals surface area contributed by atoms with Gasteiger partial charge in [0, 0.05) is 0 Å². The molecule has 0 radical (unpaired) electrons. The highest BCUT2D eigenvalue weighted by atomic mass is 16.5. The molecule has 0 heterocycles. The average molecular weight is 208 g/mol. The maximum Gasteiger partial charge on any atom is 0.112 e. The highest BCUT2D eigenvalue weighted by Crippen LogP contribution is 2.11. The molecular weight excluding hydrogens is 184 g/mol. The van der Waals surface area contributed by atoms with Gasteiger partial charge in [0.1, 0.15) is 5.76 Å². The number of ether oxygens (including phenoxy) is 1. The van der Waals surface area contributed by atoms with Crippen LogP contribution in [0.5, 0.6) is 0 Å². The van der Waals surface area contributed by atoms with Gasteiger partial charge >= 0.3 is 0 Å². The fourth-order valence-electron chi connectivity index (χ4n) is 1.05. The van der Waals surface area contributed by atoms with Crippen LogP contribution in [0.15, 0.2) is 36.6 Å². The van der Waals surface area contributed by atoms with Crippen molar-refractivity contribution in [3.05, 3.63) is 36.6 Å². The fraction of sp³-hybridized carbons (Fsp3) is 0.571. The summed E-state index contributed by atoms with van der Waals surface area (Å²) in [6.45, 7) is 15.1. The van der Waals surface area contributed by atoms with Crippen molar-refractivity contribution in [1.82, 2.24) is 0 Å². The van der Waals surface area contributed by atoms with Crippen LogP contribution in [0.1, 0.15) is 40.0 Å². The highest BCUT2D eigenvalue weighted by molar-refractivity contribution is 5.21. The van der Waals surface area contributed by atoms with Crippen molar-refractivity contribution in [2.75, 3.05) is 6.61 Å². The Hall–Kier alpha value is -0.980. The Kier molecular flexibility index (Phi) is 7.79. The second kappa shape index (κ2) is 8.34. The van der Waals surface area contributed by atoms with Crippen LogP contribution in [-0.4, -0.2) is 6.61 Å². The minimum Gasteiger partial charge on any atom is -0.494 e. The molecule has 0 rings (SSSR count). The summed E-state index contributed by atoms with van der Waals surface area (Å²) >= 11 is 0. The molecule has 0 bridgehead atoms. The maximum absolute atomic E-state index is 5.34. The molecule has 0 aliphatic rings. The predicted octanol–water partition coefficient (Wildman–Crippen LogP) is 4.48. The van der Waals surface area contributed by atoms with Crippen LogP contribution in [0.4, 0.5) is 0 Å². The van der Waals surface area contributed by atoms with E-state index in [0.717, 1.165) is 36.7 Å². The van der Waals surface area contributed by atoms with E-state index in [4.69, 9.17) is 4.74 Å². The van der Waals surface area contributed by atoms with Gasteiger partial charge in [-0.3, -0.25) is 0 Å². The van der Waals surface area contributed by atoms with Crippen LogP contribution < -0.4 is 0 Å². The quantitative estimate of drug-likeness (QED) is 0.422. The minimum absolute atomic E-state index is 0.725. The van der Waals surface area contributed by atoms with Gasteiger partial charge in [-0.2, -0.15) is 0 Å². The Morgan fingerprint density at radius 3 is 2.47 bits per heavy atom. The number of hydrogen-bond acceptors (Lipinski definition) is 1. The first-order valence-electron chi connectivity index (χ1n) is 5.73. The van der Waals surface area contributed by atoms with E-state index in [9.17, 15) is 0 Å². The molecule has 0 aliphatic carbocycles. The molecule has 0 aromatic carbocycles. The highest BCUT2D eigenvalue weighted by Gasteiger charge is 1.95. The van der Waals surface area contributed by atoms with Crippen molar-refractivity contribution in [1.29, 1.82) is 0 Å². The standard InChI is InChI=1S/C14H24O/c1-6-11-15-14(5)10-9-13(4)8-7-12(2)3/h9-10,12H,4-8,11H2,1-3H3/b10-9-. The molecule has 0 aliphatic heterocycles. The molecule has 0 spiro atoms. The van der Waals surface area contributed by atoms with E-state index in [1.165, 1.54) is 6.42 Å². The Labute approximate surface area is 94.5 Å². The zero-order valence-electron chi connectivity index (χ0n) is 10.4. The number of allylic oxidation sites excluding steroid dienone is 3. The lowest BCUT2D eigenvalue weighted by atomic mass is 10.0. The van der Waals surface area contributed by atoms with E-state index in [-0.39, 0.29) is 0 Å². The lowest BCUT2D eigenvalue weighted by molar-refractivity contribution is 0.226. The summed E-state index contributed by atoms with van der Waals surface area (Å²) in [5.41, 5.74) is 1.14. The van der Waals surface area contributed by atoms with Crippen LogP contribution in [-0.2, 0) is 4.74 Å². The third-order valence-electron chi connectivity index (χ3n) is 2.04. The molecule has 15 heavy (non-hydrogen) atoms. The van der Waals surface area contributed by atoms with Crippen molar-refractivity contribution in [2.45, 2.75) is 40.0 Å². The van der Waals surface area contributed by atoms with Gasteiger partial charge in [0.15, 0.2) is 0 Å². The molecule has 0 unspecified atom stereocenters. The summed E-state index contributed by atoms with van der Waals surface area (Å²) in [6.07, 6.45) is 7.15. The van der Waals surface area contributed by atoms with Gasteiger partial charge in [-0.1, -0.05) is 45.6 Å². The van der Waals surface area contributed by atoms with Crippen LogP contribution in [0.25, 0.3) is 0 Å². The summed E-state index contributed by atoms with van der Waals surface area (Å²) < 4.78 is 5.34. The van der Waals surface area contributed by atoms with Crippen molar-refractivity contribution in [3.8, 4) is 0 Å². The van der Waals surface area contributed by atoms with Crippen LogP contribution in [0, 0.1) is 5.92 Å². The third-order valence-corrected chi connectivity index (χ3v) is 2.04. The molecule has 0 amide bonds. The Morgan fingerprint density at radius 1 is 1.27 bits per heavy atom. The van der Waals surface area contributed by atoms with E-state index in [1.807, 2.05) is 12.2 Å². The normalized spacial score (nSPS) is 10.9. The summed E-state index contributed by atoms with van der Waals surface area (Å²) in [5.74, 6) is 1.46. The summed E-state index contributed by atoms with van der Waals surface area (Å²) in [5, 5.41) is 0. The summed E-state index contributed by atoms with van der Waals surface area (Å²) in [7, 11) is 0. The first kappa shape index (κ1) is 14.0. The van der Waals surface area contributed by atoms with Crippen molar-refractivity contribution >= 4 is 0 Å². The van der Waals surface area contributed by atoms with E-state index in [2.05, 4.69) is 33.9 Å². The molecule has 0 saturated carbocycles. The number of hydrogen-bond donors (Lipinski definition) is 0. The molecule has 86 valence electrons. The Balaban J connectivity index is 3.74. The second-order valence-electron chi connectivity index (χ2n) is 4.24. The van der Waals surface area contributed by atoms with Crippen LogP contribution in [0.3, 0.4) is 0 Å². The van der Waals surface area contributed by atoms with Gasteiger partial charge in [-0.05, 0) is 31.3 Å². The minimum atomic E-state index is 0.725. The lowest BCUT2D eigenvalue weighted by Gasteiger charge is -2.05. The van der Waals surface area contributed by atoms with Gasteiger partial charge in [0.2, 0.25) is 0 Å². The van der Waals surface area contributed by atoms with E-state index >= 15 is 0 Å². The van der Waals surface area contributed by atoms with Crippen molar-refractivity contribution in [3.63, 3.8) is 0 Å². The SMILES string of the molecule is C=C(/C=C\C(=C)OCCC)CCC(C)C. The van der Waals surface area contributed by atoms with Gasteiger partial charge in [-0.25, -0.2) is 0 Å². The largest absolute Gasteiger partial charge is 0.494 e. The molecule has 0 fully saturated rings. The molecule has 1 nitrogen and oxygen atoms in total. The van der Waals surface area contributed by atoms with Gasteiger partial charge in [0.05, 0.1) is 6.61 Å². The predicted molar refractivity (Wildman–Crippen MR) is 67.7 cm³/mol. The monoisotopic (exact) mass is 208 g/mol. The lowest BCUT2D eigenvalue weighted by Crippen LogP contribution is -1.90. The molecule has 0 saturated heterocycles. The van der Waals surface area contributed by atoms with Gasteiger partial charge in [0.25, 0.3) is 0 Å². The molecule has 0 aromatic heterocycles.